The molecule has 35 heavy (non-hydrogen) atoms. The van der Waals surface area contributed by atoms with Gasteiger partial charge in [0, 0.05) is 22.0 Å². The summed E-state index contributed by atoms with van der Waals surface area (Å²) in [7, 11) is 0. The molecule has 1 spiro atoms. The fourth-order valence-electron chi connectivity index (χ4n) is 6.13. The van der Waals surface area contributed by atoms with Gasteiger partial charge >= 0.3 is 0 Å². The molecule has 3 aromatic rings. The number of halogens is 2. The number of nitrogens with one attached hydrogen (secondary N) is 1. The van der Waals surface area contributed by atoms with Gasteiger partial charge < -0.3 is 10.2 Å². The largest absolute Gasteiger partial charge is 0.352 e. The Labute approximate surface area is 212 Å². The van der Waals surface area contributed by atoms with Crippen LogP contribution < -0.4 is 10.2 Å². The summed E-state index contributed by atoms with van der Waals surface area (Å²) in [5.41, 5.74) is 1.91. The minimum absolute atomic E-state index is 0.203. The summed E-state index contributed by atoms with van der Waals surface area (Å²) in [4.78, 5) is 43.6. The number of amides is 1. The summed E-state index contributed by atoms with van der Waals surface area (Å²) in [5.74, 6) is -1.84. The van der Waals surface area contributed by atoms with Crippen LogP contribution in [0.4, 0.5) is 11.4 Å². The second-order valence-electron chi connectivity index (χ2n) is 9.16. The zero-order valence-corrected chi connectivity index (χ0v) is 20.2. The maximum atomic E-state index is 14.3. The highest BCUT2D eigenvalue weighted by Gasteiger charge is 2.69. The average Bonchev–Trinajstić information content (AvgIpc) is 3.32. The van der Waals surface area contributed by atoms with Crippen LogP contribution in [0, 0.1) is 5.92 Å². The van der Waals surface area contributed by atoms with Gasteiger partial charge in [-0.3, -0.25) is 14.4 Å². The monoisotopic (exact) mass is 502 g/mol. The SMILES string of the molecule is CC(=O)[C@@H]1[C@H](C(=O)c2ccccc2Cl)[C@@]2(C(=O)Nc3ccccc32)[C@@H]2C=Cc3cc(Cl)ccc3N12. The number of hydrogen-bond donors (Lipinski definition) is 1. The van der Waals surface area contributed by atoms with Gasteiger partial charge in [-0.2, -0.15) is 0 Å². The van der Waals surface area contributed by atoms with Gasteiger partial charge in [0.15, 0.2) is 11.6 Å². The van der Waals surface area contributed by atoms with Crippen LogP contribution in [-0.2, 0) is 15.0 Å². The van der Waals surface area contributed by atoms with Crippen molar-refractivity contribution in [2.24, 2.45) is 5.92 Å². The smallest absolute Gasteiger partial charge is 0.238 e. The molecule has 0 saturated carbocycles. The Bertz CT molecular complexity index is 1470. The third-order valence-electron chi connectivity index (χ3n) is 7.43. The van der Waals surface area contributed by atoms with Crippen molar-refractivity contribution in [2.45, 2.75) is 24.4 Å². The molecule has 1 amide bonds. The number of rotatable bonds is 3. The highest BCUT2D eigenvalue weighted by atomic mass is 35.5. The van der Waals surface area contributed by atoms with Gasteiger partial charge in [0.2, 0.25) is 5.91 Å². The van der Waals surface area contributed by atoms with Crippen LogP contribution in [0.1, 0.15) is 28.4 Å². The molecule has 0 aromatic heterocycles. The molecule has 0 bridgehead atoms. The van der Waals surface area contributed by atoms with Crippen molar-refractivity contribution in [3.05, 3.63) is 99.5 Å². The Morgan fingerprint density at radius 1 is 1.00 bits per heavy atom. The van der Waals surface area contributed by atoms with E-state index in [2.05, 4.69) is 5.32 Å². The molecule has 5 nitrogen and oxygen atoms in total. The third kappa shape index (κ3) is 2.92. The summed E-state index contributed by atoms with van der Waals surface area (Å²) in [6.45, 7) is 1.47. The predicted molar refractivity (Wildman–Crippen MR) is 137 cm³/mol. The summed E-state index contributed by atoms with van der Waals surface area (Å²) in [5, 5.41) is 3.84. The molecule has 1 fully saturated rings. The number of hydrogen-bond acceptors (Lipinski definition) is 4. The molecule has 4 atom stereocenters. The van der Waals surface area contributed by atoms with Crippen LogP contribution >= 0.6 is 23.2 Å². The minimum atomic E-state index is -1.32. The van der Waals surface area contributed by atoms with Gasteiger partial charge in [0.05, 0.1) is 23.0 Å². The van der Waals surface area contributed by atoms with Crippen molar-refractivity contribution in [2.75, 3.05) is 10.2 Å². The van der Waals surface area contributed by atoms with Gasteiger partial charge in [0.1, 0.15) is 5.41 Å². The Hall–Kier alpha value is -3.41. The maximum Gasteiger partial charge on any atom is 0.238 e. The number of carbonyl (C=O) groups is 3. The van der Waals surface area contributed by atoms with Crippen molar-refractivity contribution in [3.8, 4) is 0 Å². The molecule has 6 rings (SSSR count). The quantitative estimate of drug-likeness (QED) is 0.476. The molecular weight excluding hydrogens is 483 g/mol. The Kier molecular flexibility index (Phi) is 4.92. The molecule has 3 aromatic carbocycles. The summed E-state index contributed by atoms with van der Waals surface area (Å²) in [6, 6.07) is 18.1. The second kappa shape index (κ2) is 7.80. The van der Waals surface area contributed by atoms with E-state index in [-0.39, 0.29) is 22.5 Å². The molecule has 0 aliphatic carbocycles. The van der Waals surface area contributed by atoms with E-state index >= 15 is 0 Å². The van der Waals surface area contributed by atoms with Crippen LogP contribution in [0.5, 0.6) is 0 Å². The van der Waals surface area contributed by atoms with E-state index in [1.165, 1.54) is 6.92 Å². The molecule has 1 N–H and O–H groups in total. The molecule has 3 aliphatic rings. The average molecular weight is 503 g/mol. The van der Waals surface area contributed by atoms with Crippen LogP contribution in [-0.4, -0.2) is 29.6 Å². The number of nitrogens with zero attached hydrogens (tertiary/aromatic N) is 1. The highest BCUT2D eigenvalue weighted by Crippen LogP contribution is 2.58. The zero-order valence-electron chi connectivity index (χ0n) is 18.7. The first-order valence-corrected chi connectivity index (χ1v) is 12.1. The lowest BCUT2D eigenvalue weighted by molar-refractivity contribution is -0.122. The van der Waals surface area contributed by atoms with E-state index in [4.69, 9.17) is 23.2 Å². The van der Waals surface area contributed by atoms with Crippen LogP contribution in [0.2, 0.25) is 10.0 Å². The molecule has 174 valence electrons. The number of benzene rings is 3. The zero-order chi connectivity index (χ0) is 24.5. The molecule has 0 unspecified atom stereocenters. The Morgan fingerprint density at radius 3 is 2.51 bits per heavy atom. The van der Waals surface area contributed by atoms with E-state index in [1.807, 2.05) is 53.5 Å². The second-order valence-corrected chi connectivity index (χ2v) is 10.0. The third-order valence-corrected chi connectivity index (χ3v) is 8.00. The number of Topliss-reactive ketones (excluding diaryl/α,β-unsaturated/α-hetero) is 2. The van der Waals surface area contributed by atoms with E-state index < -0.39 is 23.4 Å². The molecule has 7 heteroatoms. The number of ketones is 2. The molecule has 3 heterocycles. The number of carbonyl (C=O) groups excluding carboxylic acids is 3. The Morgan fingerprint density at radius 2 is 1.74 bits per heavy atom. The molecule has 3 aliphatic heterocycles. The minimum Gasteiger partial charge on any atom is -0.352 e. The first kappa shape index (κ1) is 22.1. The Balaban J connectivity index is 1.67. The lowest BCUT2D eigenvalue weighted by Gasteiger charge is -2.37. The topological polar surface area (TPSA) is 66.5 Å². The molecule has 1 saturated heterocycles. The van der Waals surface area contributed by atoms with Crippen molar-refractivity contribution < 1.29 is 14.4 Å². The van der Waals surface area contributed by atoms with E-state index in [0.29, 0.717) is 21.8 Å². The van der Waals surface area contributed by atoms with Gasteiger partial charge in [-0.05, 0) is 54.4 Å². The van der Waals surface area contributed by atoms with Gasteiger partial charge in [-0.15, -0.1) is 0 Å². The number of anilines is 2. The summed E-state index contributed by atoms with van der Waals surface area (Å²) >= 11 is 12.7. The predicted octanol–water partition coefficient (Wildman–Crippen LogP) is 5.56. The lowest BCUT2D eigenvalue weighted by Crippen LogP contribution is -2.51. The lowest BCUT2D eigenvalue weighted by atomic mass is 9.64. The van der Waals surface area contributed by atoms with Gasteiger partial charge in [-0.25, -0.2) is 0 Å². The van der Waals surface area contributed by atoms with E-state index in [0.717, 1.165) is 11.3 Å². The molecular formula is C28H20Cl2N2O3. The fourth-order valence-corrected chi connectivity index (χ4v) is 6.54. The van der Waals surface area contributed by atoms with Crippen molar-refractivity contribution in [1.82, 2.24) is 0 Å². The van der Waals surface area contributed by atoms with Gasteiger partial charge in [0.25, 0.3) is 0 Å². The number of para-hydroxylation sites is 1. The molecule has 0 radical (unpaired) electrons. The maximum absolute atomic E-state index is 14.3. The van der Waals surface area contributed by atoms with Crippen LogP contribution in [0.25, 0.3) is 6.08 Å². The number of fused-ring (bicyclic) bond motifs is 6. The van der Waals surface area contributed by atoms with E-state index in [9.17, 15) is 14.4 Å². The standard InChI is InChI=1S/C28H20Cl2N2O3/c1-15(33)25-24(26(34)18-6-2-4-8-20(18)30)28(19-7-3-5-9-21(19)31-27(28)35)23-13-10-16-14-17(29)11-12-22(16)32(23)25/h2-14,23-25H,1H3,(H,31,35)/t23-,24+,25+,28-/m0/s1. The van der Waals surface area contributed by atoms with Crippen molar-refractivity contribution in [1.29, 1.82) is 0 Å². The fraction of sp³-hybridized carbons (Fsp3) is 0.179. The first-order valence-electron chi connectivity index (χ1n) is 11.3. The van der Waals surface area contributed by atoms with Crippen molar-refractivity contribution >= 4 is 58.1 Å². The van der Waals surface area contributed by atoms with Crippen LogP contribution in [0.3, 0.4) is 0 Å². The highest BCUT2D eigenvalue weighted by molar-refractivity contribution is 6.34. The van der Waals surface area contributed by atoms with Gasteiger partial charge in [-0.1, -0.05) is 65.7 Å². The van der Waals surface area contributed by atoms with Crippen molar-refractivity contribution in [3.63, 3.8) is 0 Å². The summed E-state index contributed by atoms with van der Waals surface area (Å²) in [6.07, 6.45) is 3.83. The summed E-state index contributed by atoms with van der Waals surface area (Å²) < 4.78 is 0. The normalized spacial score (nSPS) is 25.7. The van der Waals surface area contributed by atoms with E-state index in [1.54, 1.807) is 30.3 Å². The van der Waals surface area contributed by atoms with Crippen LogP contribution in [0.15, 0.2) is 72.8 Å². The first-order chi connectivity index (χ1) is 16.9.